The zero-order valence-electron chi connectivity index (χ0n) is 13.3. The maximum Gasteiger partial charge on any atom is 0.311 e. The fourth-order valence-corrected chi connectivity index (χ4v) is 4.08. The van der Waals surface area contributed by atoms with Crippen LogP contribution in [0.2, 0.25) is 0 Å². The summed E-state index contributed by atoms with van der Waals surface area (Å²) < 4.78 is 6.02. The van der Waals surface area contributed by atoms with Gasteiger partial charge in [-0.05, 0) is 42.5 Å². The van der Waals surface area contributed by atoms with E-state index < -0.39 is 5.97 Å². The Morgan fingerprint density at radius 2 is 2.12 bits per heavy atom. The van der Waals surface area contributed by atoms with Crippen molar-refractivity contribution < 1.29 is 14.3 Å². The van der Waals surface area contributed by atoms with Crippen molar-refractivity contribution in [3.63, 3.8) is 0 Å². The topological polar surface area (TPSA) is 68.3 Å². The molecule has 0 radical (unpaired) electrons. The van der Waals surface area contributed by atoms with Gasteiger partial charge in [-0.1, -0.05) is 23.5 Å². The molecule has 1 aromatic carbocycles. The number of aryl methyl sites for hydroxylation is 2. The Bertz CT molecular complexity index is 885. The summed E-state index contributed by atoms with van der Waals surface area (Å²) in [6.45, 7) is 3.71. The van der Waals surface area contributed by atoms with Crippen LogP contribution in [-0.4, -0.2) is 23.5 Å². The van der Waals surface area contributed by atoms with Gasteiger partial charge in [0.25, 0.3) is 5.91 Å². The van der Waals surface area contributed by atoms with Crippen molar-refractivity contribution in [3.05, 3.63) is 45.6 Å². The molecule has 7 heteroatoms. The minimum Gasteiger partial charge on any atom is -0.455 e. The summed E-state index contributed by atoms with van der Waals surface area (Å²) in [7, 11) is 0. The molecule has 0 aliphatic heterocycles. The molecule has 1 amide bonds. The molecule has 0 bridgehead atoms. The van der Waals surface area contributed by atoms with E-state index in [-0.39, 0.29) is 18.9 Å². The molecular weight excluding hydrogens is 344 g/mol. The van der Waals surface area contributed by atoms with Gasteiger partial charge >= 0.3 is 5.97 Å². The van der Waals surface area contributed by atoms with E-state index in [0.29, 0.717) is 5.13 Å². The number of nitrogens with one attached hydrogen (secondary N) is 1. The Balaban J connectivity index is 1.57. The highest BCUT2D eigenvalue weighted by Crippen LogP contribution is 2.29. The zero-order valence-corrected chi connectivity index (χ0v) is 14.9. The molecule has 5 nitrogen and oxygen atoms in total. The second-order valence-corrected chi connectivity index (χ2v) is 7.48. The fourth-order valence-electron chi connectivity index (χ4n) is 2.33. The third kappa shape index (κ3) is 3.98. The second-order valence-electron chi connectivity index (χ2n) is 5.41. The van der Waals surface area contributed by atoms with Crippen molar-refractivity contribution in [2.24, 2.45) is 0 Å². The molecule has 0 fully saturated rings. The Morgan fingerprint density at radius 1 is 1.29 bits per heavy atom. The van der Waals surface area contributed by atoms with E-state index in [1.165, 1.54) is 22.7 Å². The summed E-state index contributed by atoms with van der Waals surface area (Å²) in [5.41, 5.74) is 3.11. The van der Waals surface area contributed by atoms with Gasteiger partial charge in [0.1, 0.15) is 0 Å². The number of rotatable bonds is 5. The third-order valence-electron chi connectivity index (χ3n) is 3.34. The largest absolute Gasteiger partial charge is 0.455 e. The molecule has 24 heavy (non-hydrogen) atoms. The van der Waals surface area contributed by atoms with Crippen molar-refractivity contribution in [2.75, 3.05) is 11.9 Å². The van der Waals surface area contributed by atoms with E-state index in [4.69, 9.17) is 4.74 Å². The van der Waals surface area contributed by atoms with Gasteiger partial charge < -0.3 is 4.74 Å². The highest BCUT2D eigenvalue weighted by Gasteiger charge is 2.12. The Morgan fingerprint density at radius 3 is 2.88 bits per heavy atom. The lowest BCUT2D eigenvalue weighted by atomic mass is 10.1. The van der Waals surface area contributed by atoms with Gasteiger partial charge in [0.2, 0.25) is 0 Å². The quantitative estimate of drug-likeness (QED) is 0.705. The molecule has 124 valence electrons. The van der Waals surface area contributed by atoms with Crippen LogP contribution >= 0.6 is 22.7 Å². The van der Waals surface area contributed by atoms with E-state index in [0.717, 1.165) is 26.2 Å². The summed E-state index contributed by atoms with van der Waals surface area (Å²) >= 11 is 2.89. The maximum atomic E-state index is 11.9. The summed E-state index contributed by atoms with van der Waals surface area (Å²) in [5.74, 6) is -0.800. The van der Waals surface area contributed by atoms with E-state index in [2.05, 4.69) is 16.4 Å². The van der Waals surface area contributed by atoms with Crippen molar-refractivity contribution in [1.29, 1.82) is 0 Å². The number of anilines is 1. The average Bonchev–Trinajstić information content (AvgIpc) is 3.14. The number of benzene rings is 1. The molecule has 1 N–H and O–H groups in total. The molecule has 2 aromatic heterocycles. The number of carbonyl (C=O) groups is 2. The molecule has 0 saturated carbocycles. The Hall–Kier alpha value is -2.25. The fraction of sp³-hybridized carbons (Fsp3) is 0.235. The van der Waals surface area contributed by atoms with Crippen LogP contribution in [0.15, 0.2) is 29.6 Å². The monoisotopic (exact) mass is 360 g/mol. The lowest BCUT2D eigenvalue weighted by molar-refractivity contribution is -0.146. The van der Waals surface area contributed by atoms with Crippen molar-refractivity contribution >= 4 is 49.9 Å². The number of amides is 1. The Kier molecular flexibility index (Phi) is 4.92. The van der Waals surface area contributed by atoms with E-state index in [1.54, 1.807) is 0 Å². The minimum absolute atomic E-state index is 0.185. The summed E-state index contributed by atoms with van der Waals surface area (Å²) in [4.78, 5) is 29.0. The first-order valence-corrected chi connectivity index (χ1v) is 9.06. The third-order valence-corrected chi connectivity index (χ3v) is 5.13. The average molecular weight is 360 g/mol. The van der Waals surface area contributed by atoms with E-state index >= 15 is 0 Å². The first kappa shape index (κ1) is 16.6. The highest BCUT2D eigenvalue weighted by atomic mass is 32.1. The van der Waals surface area contributed by atoms with Crippen LogP contribution in [-0.2, 0) is 20.7 Å². The summed E-state index contributed by atoms with van der Waals surface area (Å²) in [5, 5.41) is 5.09. The molecule has 2 heterocycles. The molecule has 3 aromatic rings. The van der Waals surface area contributed by atoms with E-state index in [1.807, 2.05) is 37.4 Å². The molecule has 0 atom stereocenters. The SMILES string of the molecule is Cc1cc(C)c2nc(NC(=O)COC(=O)Cc3cccs3)sc2c1. The normalized spacial score (nSPS) is 10.8. The van der Waals surface area contributed by atoms with Gasteiger partial charge in [-0.25, -0.2) is 4.98 Å². The highest BCUT2D eigenvalue weighted by molar-refractivity contribution is 7.22. The number of hydrogen-bond acceptors (Lipinski definition) is 6. The number of carbonyl (C=O) groups excluding carboxylic acids is 2. The molecule has 0 aliphatic rings. The van der Waals surface area contributed by atoms with Gasteiger partial charge in [0.05, 0.1) is 16.6 Å². The molecule has 0 unspecified atom stereocenters. The first-order chi connectivity index (χ1) is 11.5. The van der Waals surface area contributed by atoms with Gasteiger partial charge in [0, 0.05) is 4.88 Å². The van der Waals surface area contributed by atoms with Crippen LogP contribution in [0.25, 0.3) is 10.2 Å². The molecule has 3 rings (SSSR count). The van der Waals surface area contributed by atoms with Crippen LogP contribution < -0.4 is 5.32 Å². The Labute approximate surface area is 147 Å². The van der Waals surface area contributed by atoms with Gasteiger partial charge in [-0.15, -0.1) is 11.3 Å². The van der Waals surface area contributed by atoms with E-state index in [9.17, 15) is 9.59 Å². The zero-order chi connectivity index (χ0) is 17.1. The smallest absolute Gasteiger partial charge is 0.311 e. The number of fused-ring (bicyclic) bond motifs is 1. The van der Waals surface area contributed by atoms with Crippen LogP contribution in [0.4, 0.5) is 5.13 Å². The van der Waals surface area contributed by atoms with Gasteiger partial charge in [-0.2, -0.15) is 0 Å². The number of hydrogen-bond donors (Lipinski definition) is 1. The summed E-state index contributed by atoms with van der Waals surface area (Å²) in [6.07, 6.45) is 0.185. The maximum absolute atomic E-state index is 11.9. The minimum atomic E-state index is -0.414. The summed E-state index contributed by atoms with van der Waals surface area (Å²) in [6, 6.07) is 7.82. The van der Waals surface area contributed by atoms with Crippen LogP contribution in [0.5, 0.6) is 0 Å². The standard InChI is InChI=1S/C17H16N2O3S2/c1-10-6-11(2)16-13(7-10)24-17(19-16)18-14(20)9-22-15(21)8-12-4-3-5-23-12/h3-7H,8-9H2,1-2H3,(H,18,19,20). The first-order valence-electron chi connectivity index (χ1n) is 7.37. The number of aromatic nitrogens is 1. The number of esters is 1. The lowest BCUT2D eigenvalue weighted by Gasteiger charge is -2.03. The molecule has 0 saturated heterocycles. The lowest BCUT2D eigenvalue weighted by Crippen LogP contribution is -2.21. The van der Waals surface area contributed by atoms with Crippen molar-refractivity contribution in [2.45, 2.75) is 20.3 Å². The molecular formula is C17H16N2O3S2. The number of thiazole rings is 1. The van der Waals surface area contributed by atoms with Gasteiger partial charge in [0.15, 0.2) is 11.7 Å². The van der Waals surface area contributed by atoms with Crippen molar-refractivity contribution in [3.8, 4) is 0 Å². The number of ether oxygens (including phenoxy) is 1. The van der Waals surface area contributed by atoms with Crippen LogP contribution in [0.1, 0.15) is 16.0 Å². The van der Waals surface area contributed by atoms with Gasteiger partial charge in [-0.3, -0.25) is 14.9 Å². The van der Waals surface area contributed by atoms with Crippen LogP contribution in [0.3, 0.4) is 0 Å². The second kappa shape index (κ2) is 7.11. The van der Waals surface area contributed by atoms with Crippen molar-refractivity contribution in [1.82, 2.24) is 4.98 Å². The van der Waals surface area contributed by atoms with Crippen LogP contribution in [0, 0.1) is 13.8 Å². The number of thiophene rings is 1. The molecule has 0 spiro atoms. The molecule has 0 aliphatic carbocycles. The predicted molar refractivity (Wildman–Crippen MR) is 96.7 cm³/mol. The predicted octanol–water partition coefficient (Wildman–Crippen LogP) is 3.70. The number of nitrogens with zero attached hydrogens (tertiary/aromatic N) is 1.